The molecular weight excluding hydrogens is 314 g/mol. The summed E-state index contributed by atoms with van der Waals surface area (Å²) in [5, 5.41) is 19.2. The molecule has 0 spiro atoms. The van der Waals surface area contributed by atoms with Crippen molar-refractivity contribution in [3.05, 3.63) is 42.5 Å². The minimum Gasteiger partial charge on any atom is -0.505 e. The highest BCUT2D eigenvalue weighted by Gasteiger charge is 2.11. The van der Waals surface area contributed by atoms with E-state index in [1.165, 1.54) is 24.1 Å². The van der Waals surface area contributed by atoms with Crippen LogP contribution >= 0.6 is 0 Å². The molecule has 3 aromatic rings. The number of fused-ring (bicyclic) bond motifs is 1. The van der Waals surface area contributed by atoms with Crippen LogP contribution in [0.2, 0.25) is 0 Å². The van der Waals surface area contributed by atoms with Crippen molar-refractivity contribution >= 4 is 11.0 Å². The van der Waals surface area contributed by atoms with Gasteiger partial charge in [0.1, 0.15) is 28.2 Å². The molecule has 0 aliphatic carbocycles. The highest BCUT2D eigenvalue weighted by molar-refractivity contribution is 5.73. The van der Waals surface area contributed by atoms with Crippen molar-refractivity contribution in [2.24, 2.45) is 5.92 Å². The van der Waals surface area contributed by atoms with Gasteiger partial charge in [-0.2, -0.15) is 0 Å². The number of aromatic nitrogens is 3. The van der Waals surface area contributed by atoms with Crippen molar-refractivity contribution in [3.63, 3.8) is 0 Å². The number of aromatic hydroxyl groups is 1. The maximum absolute atomic E-state index is 10.4. The van der Waals surface area contributed by atoms with Crippen molar-refractivity contribution in [3.8, 4) is 17.2 Å². The van der Waals surface area contributed by atoms with E-state index in [1.54, 1.807) is 12.1 Å². The smallest absolute Gasteiger partial charge is 0.146 e. The topological polar surface area (TPSA) is 60.2 Å². The number of hydrogen-bond donors (Lipinski definition) is 1. The Labute approximate surface area is 148 Å². The van der Waals surface area contributed by atoms with Crippen LogP contribution < -0.4 is 4.74 Å². The molecule has 1 unspecified atom stereocenters. The highest BCUT2D eigenvalue weighted by atomic mass is 16.5. The van der Waals surface area contributed by atoms with E-state index >= 15 is 0 Å². The van der Waals surface area contributed by atoms with Gasteiger partial charge in [-0.1, -0.05) is 45.2 Å². The lowest BCUT2D eigenvalue weighted by Gasteiger charge is -2.16. The van der Waals surface area contributed by atoms with Crippen LogP contribution in [0.3, 0.4) is 0 Å². The third-order valence-electron chi connectivity index (χ3n) is 4.48. The van der Waals surface area contributed by atoms with Crippen LogP contribution in [0.15, 0.2) is 42.5 Å². The Morgan fingerprint density at radius 3 is 2.40 bits per heavy atom. The van der Waals surface area contributed by atoms with Gasteiger partial charge < -0.3 is 9.84 Å². The first kappa shape index (κ1) is 17.3. The van der Waals surface area contributed by atoms with E-state index in [1.807, 2.05) is 30.3 Å². The molecule has 1 aromatic heterocycles. The maximum Gasteiger partial charge on any atom is 0.146 e. The van der Waals surface area contributed by atoms with Crippen molar-refractivity contribution in [2.45, 2.75) is 39.5 Å². The van der Waals surface area contributed by atoms with Crippen molar-refractivity contribution in [1.29, 1.82) is 0 Å². The molecule has 0 bridgehead atoms. The molecule has 1 atom stereocenters. The fourth-order valence-electron chi connectivity index (χ4n) is 2.84. The lowest BCUT2D eigenvalue weighted by molar-refractivity contribution is 0.232. The van der Waals surface area contributed by atoms with Crippen LogP contribution in [-0.4, -0.2) is 26.7 Å². The predicted octanol–water partition coefficient (Wildman–Crippen LogP) is 4.72. The average Bonchev–Trinajstić information content (AvgIpc) is 3.05. The van der Waals surface area contributed by atoms with Gasteiger partial charge in [0, 0.05) is 6.07 Å². The fourth-order valence-corrected chi connectivity index (χ4v) is 2.84. The van der Waals surface area contributed by atoms with Crippen LogP contribution in [0.5, 0.6) is 11.5 Å². The van der Waals surface area contributed by atoms with E-state index in [9.17, 15) is 5.11 Å². The highest BCUT2D eigenvalue weighted by Crippen LogP contribution is 2.27. The summed E-state index contributed by atoms with van der Waals surface area (Å²) in [6, 6.07) is 12.9. The summed E-state index contributed by atoms with van der Waals surface area (Å²) in [5.41, 5.74) is 2.13. The summed E-state index contributed by atoms with van der Waals surface area (Å²) in [7, 11) is 0. The van der Waals surface area contributed by atoms with E-state index in [0.29, 0.717) is 24.0 Å². The van der Waals surface area contributed by atoms with Crippen LogP contribution in [0.1, 0.15) is 39.5 Å². The molecule has 0 aliphatic heterocycles. The van der Waals surface area contributed by atoms with E-state index in [2.05, 4.69) is 24.0 Å². The van der Waals surface area contributed by atoms with Crippen LogP contribution in [0.25, 0.3) is 16.7 Å². The minimum absolute atomic E-state index is 0.111. The van der Waals surface area contributed by atoms with Crippen molar-refractivity contribution in [1.82, 2.24) is 15.0 Å². The zero-order valence-corrected chi connectivity index (χ0v) is 14.9. The first-order chi connectivity index (χ1) is 12.2. The lowest BCUT2D eigenvalue weighted by Crippen LogP contribution is -2.11. The molecule has 0 aliphatic rings. The summed E-state index contributed by atoms with van der Waals surface area (Å²) in [6.45, 7) is 5.08. The zero-order chi connectivity index (χ0) is 17.6. The zero-order valence-electron chi connectivity index (χ0n) is 14.9. The van der Waals surface area contributed by atoms with Crippen LogP contribution in [0.4, 0.5) is 0 Å². The van der Waals surface area contributed by atoms with E-state index in [0.717, 1.165) is 17.5 Å². The summed E-state index contributed by atoms with van der Waals surface area (Å²) >= 11 is 0. The third-order valence-corrected chi connectivity index (χ3v) is 4.48. The number of phenolic OH excluding ortho intramolecular Hbond substituents is 1. The lowest BCUT2D eigenvalue weighted by atomic mass is 10.0. The molecule has 0 saturated carbocycles. The van der Waals surface area contributed by atoms with Gasteiger partial charge >= 0.3 is 0 Å². The summed E-state index contributed by atoms with van der Waals surface area (Å²) in [5.74, 6) is 1.34. The molecule has 0 amide bonds. The number of rotatable bonds is 8. The molecule has 2 aromatic carbocycles. The van der Waals surface area contributed by atoms with E-state index in [4.69, 9.17) is 4.74 Å². The molecule has 1 N–H and O–H groups in total. The van der Waals surface area contributed by atoms with Crippen LogP contribution in [0, 0.1) is 5.92 Å². The SMILES string of the molecule is CCCCC(CC)COc1ccc(-n2nc3ccccc3n2)c(O)c1. The molecule has 5 nitrogen and oxygen atoms in total. The van der Waals surface area contributed by atoms with Crippen molar-refractivity contribution < 1.29 is 9.84 Å². The number of phenols is 1. The Kier molecular flexibility index (Phi) is 5.53. The van der Waals surface area contributed by atoms with Gasteiger partial charge in [0.2, 0.25) is 0 Å². The average molecular weight is 339 g/mol. The molecule has 5 heteroatoms. The van der Waals surface area contributed by atoms with E-state index < -0.39 is 0 Å². The molecule has 1 heterocycles. The maximum atomic E-state index is 10.4. The Bertz CT molecular complexity index is 796. The Balaban J connectivity index is 1.72. The fraction of sp³-hybridized carbons (Fsp3) is 0.400. The van der Waals surface area contributed by atoms with Gasteiger partial charge in [-0.05, 0) is 36.6 Å². The molecular formula is C20H25N3O2. The first-order valence-corrected chi connectivity index (χ1v) is 8.99. The summed E-state index contributed by atoms with van der Waals surface area (Å²) in [6.07, 6.45) is 4.72. The summed E-state index contributed by atoms with van der Waals surface area (Å²) in [4.78, 5) is 1.46. The largest absolute Gasteiger partial charge is 0.505 e. The minimum atomic E-state index is 0.111. The molecule has 0 radical (unpaired) electrons. The van der Waals surface area contributed by atoms with Gasteiger partial charge in [-0.25, -0.2) is 0 Å². The Morgan fingerprint density at radius 1 is 1.08 bits per heavy atom. The molecule has 132 valence electrons. The summed E-state index contributed by atoms with van der Waals surface area (Å²) < 4.78 is 5.88. The Hall–Kier alpha value is -2.56. The number of benzene rings is 2. The van der Waals surface area contributed by atoms with Gasteiger partial charge in [-0.3, -0.25) is 0 Å². The van der Waals surface area contributed by atoms with E-state index in [-0.39, 0.29) is 5.75 Å². The van der Waals surface area contributed by atoms with Crippen LogP contribution in [-0.2, 0) is 0 Å². The third kappa shape index (κ3) is 4.10. The molecule has 25 heavy (non-hydrogen) atoms. The quantitative estimate of drug-likeness (QED) is 0.645. The van der Waals surface area contributed by atoms with Gasteiger partial charge in [0.25, 0.3) is 0 Å². The second-order valence-electron chi connectivity index (χ2n) is 6.36. The van der Waals surface area contributed by atoms with Gasteiger partial charge in [-0.15, -0.1) is 15.0 Å². The number of nitrogens with zero attached hydrogens (tertiary/aromatic N) is 3. The number of hydrogen-bond acceptors (Lipinski definition) is 4. The van der Waals surface area contributed by atoms with Crippen molar-refractivity contribution in [2.75, 3.05) is 6.61 Å². The normalized spacial score (nSPS) is 12.4. The Morgan fingerprint density at radius 2 is 1.80 bits per heavy atom. The number of unbranched alkanes of at least 4 members (excludes halogenated alkanes) is 1. The van der Waals surface area contributed by atoms with Gasteiger partial charge in [0.15, 0.2) is 0 Å². The predicted molar refractivity (Wildman–Crippen MR) is 99.3 cm³/mol. The second-order valence-corrected chi connectivity index (χ2v) is 6.36. The molecule has 3 rings (SSSR count). The molecule has 0 fully saturated rings. The number of ether oxygens (including phenoxy) is 1. The first-order valence-electron chi connectivity index (χ1n) is 8.99. The molecule has 0 saturated heterocycles. The second kappa shape index (κ2) is 8.01. The monoisotopic (exact) mass is 339 g/mol. The van der Waals surface area contributed by atoms with Gasteiger partial charge in [0.05, 0.1) is 6.61 Å². The standard InChI is InChI=1S/C20H25N3O2/c1-3-5-8-15(4-2)14-25-16-11-12-19(20(24)13-16)23-21-17-9-6-7-10-18(17)22-23/h6-7,9-13,15,24H,3-5,8,14H2,1-2H3.